The van der Waals surface area contributed by atoms with E-state index in [9.17, 15) is 14.7 Å². The monoisotopic (exact) mass is 466 g/mol. The molecule has 0 unspecified atom stereocenters. The molecular formula is C26H30N2O6. The van der Waals surface area contributed by atoms with Crippen LogP contribution in [-0.2, 0) is 14.3 Å². The normalized spacial score (nSPS) is 20.5. The number of aliphatic hydroxyl groups is 1. The van der Waals surface area contributed by atoms with E-state index < -0.39 is 17.7 Å². The van der Waals surface area contributed by atoms with Gasteiger partial charge in [-0.2, -0.15) is 0 Å². The average Bonchev–Trinajstić information content (AvgIpc) is 3.13. The van der Waals surface area contributed by atoms with Crippen LogP contribution in [0.5, 0.6) is 11.5 Å². The van der Waals surface area contributed by atoms with Gasteiger partial charge in [0.2, 0.25) is 0 Å². The van der Waals surface area contributed by atoms with E-state index in [1.165, 1.54) is 19.1 Å². The molecule has 0 aromatic heterocycles. The third kappa shape index (κ3) is 4.64. The first kappa shape index (κ1) is 23.8. The zero-order chi connectivity index (χ0) is 24.1. The van der Waals surface area contributed by atoms with Crippen LogP contribution in [0.1, 0.15) is 23.6 Å². The number of nitrogens with zero attached hydrogens (tertiary/aromatic N) is 2. The van der Waals surface area contributed by atoms with Crippen molar-refractivity contribution in [2.24, 2.45) is 0 Å². The molecule has 2 fully saturated rings. The molecule has 180 valence electrons. The zero-order valence-corrected chi connectivity index (χ0v) is 19.5. The molecule has 2 aromatic carbocycles. The highest BCUT2D eigenvalue weighted by Gasteiger charge is 2.47. The molecule has 2 saturated heterocycles. The molecule has 4 rings (SSSR count). The van der Waals surface area contributed by atoms with Gasteiger partial charge in [0.1, 0.15) is 5.76 Å². The lowest BCUT2D eigenvalue weighted by Gasteiger charge is -2.29. The predicted molar refractivity (Wildman–Crippen MR) is 127 cm³/mol. The lowest BCUT2D eigenvalue weighted by molar-refractivity contribution is -0.140. The summed E-state index contributed by atoms with van der Waals surface area (Å²) in [4.78, 5) is 30.2. The number of carbonyl (C=O) groups is 2. The van der Waals surface area contributed by atoms with Crippen LogP contribution in [0.4, 0.5) is 0 Å². The Bertz CT molecular complexity index is 1060. The van der Waals surface area contributed by atoms with Crippen molar-refractivity contribution in [3.63, 3.8) is 0 Å². The maximum Gasteiger partial charge on any atom is 0.295 e. The fourth-order valence-electron chi connectivity index (χ4n) is 4.60. The number of methoxy groups -OCH3 is 2. The molecule has 8 nitrogen and oxygen atoms in total. The van der Waals surface area contributed by atoms with Gasteiger partial charge in [-0.05, 0) is 12.5 Å². The first-order valence-electron chi connectivity index (χ1n) is 11.4. The molecule has 0 aliphatic carbocycles. The smallest absolute Gasteiger partial charge is 0.295 e. The Morgan fingerprint density at radius 2 is 1.74 bits per heavy atom. The predicted octanol–water partition coefficient (Wildman–Crippen LogP) is 2.85. The minimum Gasteiger partial charge on any atom is -0.507 e. The Kier molecular flexibility index (Phi) is 7.49. The molecule has 0 saturated carbocycles. The molecule has 0 bridgehead atoms. The highest BCUT2D eigenvalue weighted by Crippen LogP contribution is 2.45. The van der Waals surface area contributed by atoms with Gasteiger partial charge >= 0.3 is 0 Å². The first-order valence-corrected chi connectivity index (χ1v) is 11.4. The lowest BCUT2D eigenvalue weighted by Crippen LogP contribution is -2.39. The van der Waals surface area contributed by atoms with Gasteiger partial charge in [0.25, 0.3) is 11.7 Å². The second kappa shape index (κ2) is 10.7. The molecule has 8 heteroatoms. The van der Waals surface area contributed by atoms with Crippen molar-refractivity contribution < 1.29 is 28.9 Å². The van der Waals surface area contributed by atoms with Gasteiger partial charge < -0.3 is 24.2 Å². The minimum atomic E-state index is -0.796. The van der Waals surface area contributed by atoms with Crippen molar-refractivity contribution in [1.82, 2.24) is 9.80 Å². The van der Waals surface area contributed by atoms with Crippen LogP contribution in [0.15, 0.2) is 54.1 Å². The van der Waals surface area contributed by atoms with Gasteiger partial charge in [-0.15, -0.1) is 0 Å². The molecule has 34 heavy (non-hydrogen) atoms. The number of Topliss-reactive ketones (excluding diaryl/α,β-unsaturated/α-hetero) is 1. The van der Waals surface area contributed by atoms with E-state index in [4.69, 9.17) is 14.2 Å². The summed E-state index contributed by atoms with van der Waals surface area (Å²) in [5, 5.41) is 11.2. The lowest BCUT2D eigenvalue weighted by atomic mass is 9.94. The number of para-hydroxylation sites is 1. The van der Waals surface area contributed by atoms with Crippen molar-refractivity contribution in [3.05, 3.63) is 65.2 Å². The van der Waals surface area contributed by atoms with E-state index >= 15 is 0 Å². The van der Waals surface area contributed by atoms with Crippen LogP contribution in [0, 0.1) is 0 Å². The first-order chi connectivity index (χ1) is 16.6. The number of aliphatic hydroxyl groups excluding tert-OH is 1. The number of ketones is 1. The Balaban J connectivity index is 1.74. The fourth-order valence-corrected chi connectivity index (χ4v) is 4.60. The fraction of sp³-hybridized carbons (Fsp3) is 0.385. The van der Waals surface area contributed by atoms with Gasteiger partial charge in [0, 0.05) is 37.3 Å². The Labute approximate surface area is 199 Å². The summed E-state index contributed by atoms with van der Waals surface area (Å²) in [6.45, 7) is 4.23. The average molecular weight is 467 g/mol. The summed E-state index contributed by atoms with van der Waals surface area (Å²) in [5.41, 5.74) is 1.11. The molecule has 1 amide bonds. The van der Waals surface area contributed by atoms with Gasteiger partial charge in [-0.1, -0.05) is 42.5 Å². The molecular weight excluding hydrogens is 436 g/mol. The largest absolute Gasteiger partial charge is 0.507 e. The number of hydrogen-bond acceptors (Lipinski definition) is 7. The second-order valence-corrected chi connectivity index (χ2v) is 8.25. The highest BCUT2D eigenvalue weighted by molar-refractivity contribution is 6.46. The van der Waals surface area contributed by atoms with Crippen molar-refractivity contribution in [2.45, 2.75) is 12.5 Å². The summed E-state index contributed by atoms with van der Waals surface area (Å²) in [7, 11) is 3.05. The molecule has 2 aliphatic rings. The van der Waals surface area contributed by atoms with Crippen molar-refractivity contribution in [1.29, 1.82) is 0 Å². The number of amides is 1. The van der Waals surface area contributed by atoms with Crippen LogP contribution >= 0.6 is 0 Å². The Hall–Kier alpha value is -3.36. The van der Waals surface area contributed by atoms with E-state index in [0.717, 1.165) is 19.6 Å². The molecule has 2 aromatic rings. The van der Waals surface area contributed by atoms with E-state index in [0.29, 0.717) is 48.8 Å². The number of rotatable bonds is 8. The number of carbonyl (C=O) groups excluding carboxylic acids is 2. The summed E-state index contributed by atoms with van der Waals surface area (Å²) in [5.74, 6) is -0.630. The van der Waals surface area contributed by atoms with Crippen LogP contribution in [0.2, 0.25) is 0 Å². The Morgan fingerprint density at radius 3 is 2.41 bits per heavy atom. The van der Waals surface area contributed by atoms with Gasteiger partial charge in [-0.3, -0.25) is 14.5 Å². The molecule has 0 radical (unpaired) electrons. The topological polar surface area (TPSA) is 88.5 Å². The molecule has 0 spiro atoms. The number of morpholine rings is 1. The number of ether oxygens (including phenoxy) is 3. The molecule has 1 N–H and O–H groups in total. The standard InChI is InChI=1S/C26H30N2O6/c1-32-20-11-6-10-19(25(20)33-2)22-21(23(29)18-8-4-3-5-9-18)24(30)26(31)28(22)13-7-12-27-14-16-34-17-15-27/h3-6,8-11,22,29H,7,12-17H2,1-2H3/t22-/m1/s1. The van der Waals surface area contributed by atoms with Crippen molar-refractivity contribution in [3.8, 4) is 11.5 Å². The van der Waals surface area contributed by atoms with Crippen LogP contribution in [0.3, 0.4) is 0 Å². The summed E-state index contributed by atoms with van der Waals surface area (Å²) >= 11 is 0. The van der Waals surface area contributed by atoms with Crippen LogP contribution in [0.25, 0.3) is 5.76 Å². The maximum absolute atomic E-state index is 13.2. The van der Waals surface area contributed by atoms with Gasteiger partial charge in [-0.25, -0.2) is 0 Å². The SMILES string of the molecule is COc1cccc([C@@H]2C(=C(O)c3ccccc3)C(=O)C(=O)N2CCCN2CCOCC2)c1OC. The highest BCUT2D eigenvalue weighted by atomic mass is 16.5. The third-order valence-electron chi connectivity index (χ3n) is 6.29. The van der Waals surface area contributed by atoms with Crippen LogP contribution < -0.4 is 9.47 Å². The van der Waals surface area contributed by atoms with Gasteiger partial charge in [0.15, 0.2) is 11.5 Å². The quantitative estimate of drug-likeness (QED) is 0.364. The maximum atomic E-state index is 13.2. The molecule has 2 aliphatic heterocycles. The van der Waals surface area contributed by atoms with Crippen LogP contribution in [-0.4, -0.2) is 80.2 Å². The van der Waals surface area contributed by atoms with E-state index in [1.807, 2.05) is 6.07 Å². The summed E-state index contributed by atoms with van der Waals surface area (Å²) < 4.78 is 16.5. The zero-order valence-electron chi connectivity index (χ0n) is 19.5. The van der Waals surface area contributed by atoms with E-state index in [2.05, 4.69) is 4.90 Å². The van der Waals surface area contributed by atoms with Crippen molar-refractivity contribution in [2.75, 3.05) is 53.6 Å². The summed E-state index contributed by atoms with van der Waals surface area (Å²) in [6, 6.07) is 13.3. The third-order valence-corrected chi connectivity index (χ3v) is 6.29. The number of benzene rings is 2. The second-order valence-electron chi connectivity index (χ2n) is 8.25. The van der Waals surface area contributed by atoms with E-state index in [-0.39, 0.29) is 11.3 Å². The van der Waals surface area contributed by atoms with Gasteiger partial charge in [0.05, 0.1) is 39.0 Å². The van der Waals surface area contributed by atoms with E-state index in [1.54, 1.807) is 42.5 Å². The number of likely N-dealkylation sites (tertiary alicyclic amines) is 1. The minimum absolute atomic E-state index is 0.0501. The summed E-state index contributed by atoms with van der Waals surface area (Å²) in [6.07, 6.45) is 0.682. The number of hydrogen-bond donors (Lipinski definition) is 1. The molecule has 1 atom stereocenters. The molecule has 2 heterocycles. The van der Waals surface area contributed by atoms with Crippen molar-refractivity contribution >= 4 is 17.4 Å². The Morgan fingerprint density at radius 1 is 1.00 bits per heavy atom.